The molecule has 0 spiro atoms. The van der Waals surface area contributed by atoms with Crippen LogP contribution in [-0.2, 0) is 83.0 Å². The normalized spacial score (nSPS) is 11.7. The maximum Gasteiger partial charge on any atom is 0.309 e. The fourth-order valence-electron chi connectivity index (χ4n) is 16.4. The molecule has 0 aliphatic rings. The predicted molar refractivity (Wildman–Crippen MR) is 513 cm³/mol. The van der Waals surface area contributed by atoms with Crippen LogP contribution in [0.1, 0.15) is 365 Å². The van der Waals surface area contributed by atoms with Gasteiger partial charge in [0.15, 0.2) is 0 Å². The summed E-state index contributed by atoms with van der Waals surface area (Å²) in [5.41, 5.74) is 36.0. The quantitative estimate of drug-likeness (QED) is 0.0210. The molecule has 4 unspecified atom stereocenters. The third kappa shape index (κ3) is 36.1. The molecule has 0 N–H and O–H groups in total. The molecule has 722 valence electrons. The number of hydrogen-bond donors (Lipinski definition) is 0. The van der Waals surface area contributed by atoms with Crippen LogP contribution in [0.2, 0.25) is 0 Å². The molecule has 131 heavy (non-hydrogen) atoms. The number of nitrogens with zero attached hydrogens (tertiary/aromatic N) is 4. The first-order chi connectivity index (χ1) is 59.7. The summed E-state index contributed by atoms with van der Waals surface area (Å²) in [6.45, 7) is 77.0. The van der Waals surface area contributed by atoms with E-state index < -0.39 is 11.8 Å². The molecule has 6 atom stereocenters. The average Bonchev–Trinajstić information content (AvgIpc) is 1.73. The number of benzene rings is 4. The van der Waals surface area contributed by atoms with E-state index in [1.165, 1.54) is 140 Å². The van der Waals surface area contributed by atoms with Crippen LogP contribution in [0.3, 0.4) is 0 Å². The number of carbonyl (C=O) groups excluding carboxylic acids is 8. The Bertz CT molecular complexity index is 4760. The van der Waals surface area contributed by atoms with Crippen LogP contribution in [0.25, 0.3) is 0 Å². The van der Waals surface area contributed by atoms with Crippen LogP contribution in [0.15, 0.2) is 18.1 Å². The van der Waals surface area contributed by atoms with Crippen LogP contribution in [0.4, 0.5) is 0 Å². The van der Waals surface area contributed by atoms with Gasteiger partial charge in [-0.15, -0.1) is 0 Å². The average molecular weight is 2710 g/mol. The number of methoxy groups -OCH3 is 4. The van der Waals surface area contributed by atoms with Gasteiger partial charge in [0.05, 0.1) is 63.1 Å². The number of aromatic nitrogens is 4. The van der Waals surface area contributed by atoms with Gasteiger partial charge in [0.1, 0.15) is 46.2 Å². The molecule has 0 bridgehead atoms. The number of ketones is 4. The van der Waals surface area contributed by atoms with E-state index in [0.717, 1.165) is 86.7 Å². The van der Waals surface area contributed by atoms with E-state index in [4.69, 9.17) is 37.0 Å². The number of rotatable bonds is 33. The Morgan fingerprint density at radius 2 is 0.443 bits per heavy atom. The molecule has 0 aliphatic carbocycles. The predicted octanol–water partition coefficient (Wildman–Crippen LogP) is 25.3. The van der Waals surface area contributed by atoms with E-state index >= 15 is 0 Å². The van der Waals surface area contributed by atoms with Gasteiger partial charge in [0, 0.05) is 235 Å². The van der Waals surface area contributed by atoms with Crippen molar-refractivity contribution in [3.63, 3.8) is 0 Å². The Balaban J connectivity index is -0.000000791. The molecule has 20 nitrogen and oxygen atoms in total. The number of carbonyl (C=O) groups is 8. The summed E-state index contributed by atoms with van der Waals surface area (Å²) in [5.74, 6) is 0.605. The van der Waals surface area contributed by atoms with Gasteiger partial charge in [-0.25, -0.2) is 0 Å². The molecule has 4 aromatic carbocycles. The van der Waals surface area contributed by atoms with E-state index in [1.54, 1.807) is 13.8 Å². The number of hydrogen-bond acceptors (Lipinski definition) is 20. The summed E-state index contributed by atoms with van der Waals surface area (Å²) in [6.07, 6.45) is 7.24. The first-order valence-corrected chi connectivity index (χ1v) is 46.0. The monoisotopic (exact) mass is 2710 g/mol. The second kappa shape index (κ2) is 64.6. The van der Waals surface area contributed by atoms with Crippen molar-refractivity contribution < 1.29 is 200 Å². The Hall–Kier alpha value is -5.51. The molecule has 0 fully saturated rings. The second-order valence-electron chi connectivity index (χ2n) is 33.6. The molecule has 4 aromatic heterocycles. The van der Waals surface area contributed by atoms with Gasteiger partial charge in [-0.05, 0) is 353 Å². The smallest absolute Gasteiger partial charge is 0.309 e. The zero-order valence-corrected chi connectivity index (χ0v) is 105. The van der Waals surface area contributed by atoms with Crippen molar-refractivity contribution in [3.8, 4) is 0 Å². The summed E-state index contributed by atoms with van der Waals surface area (Å²) >= 11 is 0. The number of esters is 4. The first-order valence-electron chi connectivity index (χ1n) is 46.0. The molecule has 0 saturated carbocycles. The van der Waals surface area contributed by atoms with Crippen LogP contribution in [0, 0.1) is 330 Å². The number of unbranched alkanes of at least 4 members (excludes halogenated alkanes) is 1. The summed E-state index contributed by atoms with van der Waals surface area (Å²) in [7, 11) is 5.53. The van der Waals surface area contributed by atoms with Crippen molar-refractivity contribution in [2.75, 3.05) is 28.4 Å². The summed E-state index contributed by atoms with van der Waals surface area (Å²) in [6, 6.07) is 0. The molecular weight excluding hydrogens is 2550 g/mol. The van der Waals surface area contributed by atoms with Gasteiger partial charge in [-0.2, -0.15) is 0 Å². The van der Waals surface area contributed by atoms with Gasteiger partial charge >= 0.3 is 23.9 Å². The topological polar surface area (TPSA) is 278 Å². The fraction of sp³-hybridized carbons (Fsp3) is 0.589. The van der Waals surface area contributed by atoms with Crippen LogP contribution < -0.4 is 0 Å². The molecule has 4 heterocycles. The Morgan fingerprint density at radius 1 is 0.252 bits per heavy atom. The first kappa shape index (κ1) is 132. The minimum Gasteiger partial charge on any atom is -0.469 e. The fourth-order valence-corrected chi connectivity index (χ4v) is 16.4. The van der Waals surface area contributed by atoms with Gasteiger partial charge < -0.3 is 37.0 Å². The molecule has 8 aromatic rings. The molecule has 24 heteroatoms. The maximum absolute atomic E-state index is 13.2. The SMILES string of the molecule is CC.CC.CC.CC.COC(=O)CCCC(CC(=O)Cc1c(C)c(C)c(C)c(C)c1C)c1noc(C)c1C.COC(=O)CCCCC(CC(=O)Cc1c(C)c(C)c(C)c(C)c1C)c1noc(C)c1C.COC(=O)[C@@H](C)C(CC(=O)Cc1c(C)c(C)c(C)c(C)c1C)c1noc(C)c1C.COC(=O)[C@H](C)C(CC(=O)Cc1c(C)c(C)c(C)c(C)c1C)c1noc(C)c1C.[U].[U].[U].[U]. The number of aryl methyl sites for hydroxylation is 4. The molecule has 0 amide bonds. The van der Waals surface area contributed by atoms with Crippen molar-refractivity contribution in [1.82, 2.24) is 20.6 Å². The number of ether oxygens (including phenoxy) is 4. The summed E-state index contributed by atoms with van der Waals surface area (Å²) < 4.78 is 40.7. The third-order valence-electron chi connectivity index (χ3n) is 27.1. The van der Waals surface area contributed by atoms with Gasteiger partial charge in [0.25, 0.3) is 0 Å². The van der Waals surface area contributed by atoms with Crippen molar-refractivity contribution in [2.45, 2.75) is 383 Å². The standard InChI is InChI=1S/C26H37NO4.C25H35NO4.2C24H33NO4.4C2H6.4U/c1-15-16(2)18(4)24(19(5)17(15)3)14-23(28)13-22(11-9-10-12-25(29)30-8)26-20(6)21(7)31-27-26;1-14-15(2)17(4)23(18(5)16(14)3)13-22(27)12-21(10-9-11-24(28)29-8)25-19(6)20(7)30-26-25;2*1-12-13(2)15(4)21(16(5)14(12)3)10-20(26)11-22(18(7)24(27)28-9)23-17(6)19(8)29-25-23;4*1-2;;;;/h22H,9-14H2,1-8H3;21H,9-13H2,1-8H3;2*18,22H,10-11H2,1-9H3;4*1-2H3;;;;/t;;2*18-,22?;;;;;;;;/m..10......../s1. The number of Topliss-reactive ketones (excluding diaryl/α,β-unsaturated/α-hetero) is 4. The second-order valence-corrected chi connectivity index (χ2v) is 33.6. The van der Waals surface area contributed by atoms with Crippen LogP contribution >= 0.6 is 0 Å². The van der Waals surface area contributed by atoms with Crippen molar-refractivity contribution in [2.24, 2.45) is 11.8 Å². The van der Waals surface area contributed by atoms with Crippen molar-refractivity contribution >= 4 is 47.0 Å². The maximum atomic E-state index is 13.2. The van der Waals surface area contributed by atoms with Gasteiger partial charge in [0.2, 0.25) is 0 Å². The largest absolute Gasteiger partial charge is 0.469 e. The third-order valence-corrected chi connectivity index (χ3v) is 27.1. The van der Waals surface area contributed by atoms with Crippen LogP contribution in [-0.4, -0.2) is 96.1 Å². The van der Waals surface area contributed by atoms with E-state index in [1.807, 2.05) is 111 Å². The molecule has 0 radical (unpaired) electrons. The minimum absolute atomic E-state index is 0. The van der Waals surface area contributed by atoms with Crippen molar-refractivity contribution in [3.05, 3.63) is 202 Å². The van der Waals surface area contributed by atoms with Crippen LogP contribution in [0.5, 0.6) is 0 Å². The summed E-state index contributed by atoms with van der Waals surface area (Å²) in [5, 5.41) is 16.8. The summed E-state index contributed by atoms with van der Waals surface area (Å²) in [4.78, 5) is 99.9. The zero-order valence-electron chi connectivity index (χ0n) is 88.4. The van der Waals surface area contributed by atoms with Crippen molar-refractivity contribution in [1.29, 1.82) is 0 Å². The van der Waals surface area contributed by atoms with E-state index in [-0.39, 0.29) is 208 Å². The Kier molecular flexibility index (Phi) is 64.9. The van der Waals surface area contributed by atoms with E-state index in [2.05, 4.69) is 159 Å². The Morgan fingerprint density at radius 3 is 0.641 bits per heavy atom. The van der Waals surface area contributed by atoms with Gasteiger partial charge in [-0.1, -0.05) is 96.3 Å². The van der Waals surface area contributed by atoms with E-state index in [0.29, 0.717) is 87.1 Å². The Labute approximate surface area is 883 Å². The molecule has 8 rings (SSSR count). The molecular formula is C107H162N4O16U4. The van der Waals surface area contributed by atoms with Gasteiger partial charge in [-0.3, -0.25) is 38.4 Å². The minimum atomic E-state index is -0.490. The molecule has 0 aliphatic heterocycles. The van der Waals surface area contributed by atoms with E-state index in [9.17, 15) is 38.4 Å². The zero-order chi connectivity index (χ0) is 98.0. The molecule has 0 saturated heterocycles.